The summed E-state index contributed by atoms with van der Waals surface area (Å²) in [6.07, 6.45) is 0.182. The Morgan fingerprint density at radius 3 is 1.71 bits per heavy atom. The first-order chi connectivity index (χ1) is 14.6. The van der Waals surface area contributed by atoms with Crippen LogP contribution < -0.4 is 14.2 Å². The fourth-order valence-electron chi connectivity index (χ4n) is 2.58. The van der Waals surface area contributed by atoms with Crippen LogP contribution in [-0.4, -0.2) is 25.5 Å². The third-order valence-corrected chi connectivity index (χ3v) is 4.09. The summed E-state index contributed by atoms with van der Waals surface area (Å²) in [5, 5.41) is 0. The maximum atomic E-state index is 12.3. The van der Waals surface area contributed by atoms with Crippen LogP contribution in [0.5, 0.6) is 17.2 Å². The Bertz CT molecular complexity index is 929. The highest BCUT2D eigenvalue weighted by Crippen LogP contribution is 2.24. The maximum absolute atomic E-state index is 12.3. The summed E-state index contributed by atoms with van der Waals surface area (Å²) in [7, 11) is 1.63. The number of benzene rings is 3. The molecule has 0 aliphatic rings. The predicted octanol–water partition coefficient (Wildman–Crippen LogP) is 6.21. The Morgan fingerprint density at radius 2 is 1.23 bits per heavy atom. The molecule has 3 aromatic rings. The molecule has 0 spiro atoms. The third-order valence-electron chi connectivity index (χ3n) is 4.09. The van der Waals surface area contributed by atoms with Crippen molar-refractivity contribution < 1.29 is 23.8 Å². The average Bonchev–Trinajstić information content (AvgIpc) is 2.81. The highest BCUT2D eigenvalue weighted by Gasteiger charge is 2.10. The molecule has 0 saturated heterocycles. The molecule has 0 N–H and O–H groups in total. The van der Waals surface area contributed by atoms with Crippen LogP contribution in [0.15, 0.2) is 72.8 Å². The van der Waals surface area contributed by atoms with Crippen molar-refractivity contribution in [2.45, 2.75) is 34.3 Å². The smallest absolute Gasteiger partial charge is 0.343 e. The van der Waals surface area contributed by atoms with E-state index in [0.29, 0.717) is 23.3 Å². The first kappa shape index (κ1) is 25.4. The van der Waals surface area contributed by atoms with Crippen molar-refractivity contribution in [3.63, 3.8) is 0 Å². The highest BCUT2D eigenvalue weighted by molar-refractivity contribution is 5.91. The van der Waals surface area contributed by atoms with Gasteiger partial charge in [0, 0.05) is 0 Å². The van der Waals surface area contributed by atoms with E-state index in [9.17, 15) is 9.59 Å². The molecule has 1 atom stereocenters. The Balaban J connectivity index is 0.00000156. The van der Waals surface area contributed by atoms with E-state index < -0.39 is 12.1 Å². The number of esters is 1. The lowest BCUT2D eigenvalue weighted by Gasteiger charge is -2.10. The molecular weight excluding hydrogens is 392 g/mol. The zero-order valence-corrected chi connectivity index (χ0v) is 17.6. The monoisotopic (exact) mass is 422 g/mol. The molecule has 0 amide bonds. The summed E-state index contributed by atoms with van der Waals surface area (Å²) >= 11 is 0. The number of aldehydes is 1. The Morgan fingerprint density at radius 1 is 0.774 bits per heavy atom. The number of hydrogen-bond donors (Lipinski definition) is 0. The summed E-state index contributed by atoms with van der Waals surface area (Å²) in [6, 6.07) is 21.4. The van der Waals surface area contributed by atoms with Gasteiger partial charge in [0.25, 0.3) is 0 Å². The van der Waals surface area contributed by atoms with Gasteiger partial charge in [-0.25, -0.2) is 4.79 Å². The Labute approximate surface area is 184 Å². The molecule has 1 unspecified atom stereocenters. The number of methoxy groups -OCH3 is 1. The van der Waals surface area contributed by atoms with Crippen molar-refractivity contribution >= 4 is 12.3 Å². The van der Waals surface area contributed by atoms with Gasteiger partial charge in [-0.3, -0.25) is 4.79 Å². The largest absolute Gasteiger partial charge is 0.497 e. The van der Waals surface area contributed by atoms with E-state index in [2.05, 4.69) is 0 Å². The molecule has 3 rings (SSSR count). The molecule has 164 valence electrons. The minimum atomic E-state index is -0.530. The zero-order chi connectivity index (χ0) is 21.9. The van der Waals surface area contributed by atoms with Crippen molar-refractivity contribution in [2.24, 2.45) is 0 Å². The lowest BCUT2D eigenvalue weighted by atomic mass is 10.0. The van der Waals surface area contributed by atoms with Gasteiger partial charge in [-0.15, -0.1) is 0 Å². The maximum Gasteiger partial charge on any atom is 0.343 e. The summed E-state index contributed by atoms with van der Waals surface area (Å²) in [4.78, 5) is 23.0. The zero-order valence-electron chi connectivity index (χ0n) is 17.6. The molecule has 0 saturated carbocycles. The minimum absolute atomic E-state index is 0. The molecule has 0 radical (unpaired) electrons. The fourth-order valence-corrected chi connectivity index (χ4v) is 2.58. The van der Waals surface area contributed by atoms with Crippen molar-refractivity contribution in [1.82, 2.24) is 0 Å². The van der Waals surface area contributed by atoms with Crippen LogP contribution in [0, 0.1) is 0 Å². The molecular formula is C26H30O5. The van der Waals surface area contributed by atoms with Gasteiger partial charge in [0.15, 0.2) is 12.4 Å². The number of hydrogen-bond acceptors (Lipinski definition) is 5. The second-order valence-electron chi connectivity index (χ2n) is 6.13. The third kappa shape index (κ3) is 7.30. The van der Waals surface area contributed by atoms with Crippen molar-refractivity contribution in [3.8, 4) is 28.4 Å². The number of ether oxygens (including phenoxy) is 3. The van der Waals surface area contributed by atoms with Crippen LogP contribution in [-0.2, 0) is 4.79 Å². The van der Waals surface area contributed by atoms with E-state index in [0.717, 1.165) is 16.9 Å². The topological polar surface area (TPSA) is 61.8 Å². The van der Waals surface area contributed by atoms with Crippen LogP contribution >= 0.6 is 0 Å². The lowest BCUT2D eigenvalue weighted by molar-refractivity contribution is -0.113. The highest BCUT2D eigenvalue weighted by atomic mass is 16.5. The number of rotatable bonds is 7. The van der Waals surface area contributed by atoms with Gasteiger partial charge in [-0.2, -0.15) is 0 Å². The molecule has 0 fully saturated rings. The molecule has 5 heteroatoms. The van der Waals surface area contributed by atoms with Crippen molar-refractivity contribution in [1.29, 1.82) is 0 Å². The van der Waals surface area contributed by atoms with Gasteiger partial charge in [0.05, 0.1) is 12.7 Å². The molecule has 3 aromatic carbocycles. The fraction of sp³-hybridized carbons (Fsp3) is 0.231. The first-order valence-electron chi connectivity index (χ1n) is 9.78. The van der Waals surface area contributed by atoms with Crippen LogP contribution in [0.3, 0.4) is 0 Å². The molecule has 5 nitrogen and oxygen atoms in total. The molecule has 0 aliphatic heterocycles. The summed E-state index contributed by atoms with van der Waals surface area (Å²) in [6.45, 7) is 5.65. The van der Waals surface area contributed by atoms with Gasteiger partial charge in [-0.1, -0.05) is 45.5 Å². The van der Waals surface area contributed by atoms with Gasteiger partial charge < -0.3 is 14.2 Å². The average molecular weight is 423 g/mol. The normalized spacial score (nSPS) is 10.5. The summed E-state index contributed by atoms with van der Waals surface area (Å²) in [5.74, 6) is 1.27. The van der Waals surface area contributed by atoms with Crippen molar-refractivity contribution in [2.75, 3.05) is 7.11 Å². The standard InChI is InChI=1S/C23H20O5.C2H6.CH4/c1-16(15-24)27-21-11-13-22(14-12-21)28-23(25)19-5-3-17(4-6-19)18-7-9-20(26-2)10-8-18;1-2;/h3-16H,1-2H3;1-2H3;1H4. The number of carbonyl (C=O) groups excluding carboxylic acids is 2. The lowest BCUT2D eigenvalue weighted by Crippen LogP contribution is -2.12. The van der Waals surface area contributed by atoms with Gasteiger partial charge in [-0.05, 0) is 66.6 Å². The predicted molar refractivity (Wildman–Crippen MR) is 124 cm³/mol. The summed E-state index contributed by atoms with van der Waals surface area (Å²) in [5.41, 5.74) is 2.47. The van der Waals surface area contributed by atoms with Gasteiger partial charge in [0.1, 0.15) is 17.2 Å². The van der Waals surface area contributed by atoms with Crippen molar-refractivity contribution in [3.05, 3.63) is 78.4 Å². The van der Waals surface area contributed by atoms with E-state index >= 15 is 0 Å². The van der Waals surface area contributed by atoms with Crippen LogP contribution in [0.2, 0.25) is 0 Å². The number of carbonyl (C=O) groups is 2. The van der Waals surface area contributed by atoms with E-state index in [1.165, 1.54) is 0 Å². The Hall–Kier alpha value is -3.60. The molecule has 0 aliphatic carbocycles. The second-order valence-corrected chi connectivity index (χ2v) is 6.13. The molecule has 0 bridgehead atoms. The van der Waals surface area contributed by atoms with Crippen LogP contribution in [0.4, 0.5) is 0 Å². The second kappa shape index (κ2) is 12.9. The molecule has 0 heterocycles. The minimum Gasteiger partial charge on any atom is -0.497 e. The first-order valence-corrected chi connectivity index (χ1v) is 9.78. The van der Waals surface area contributed by atoms with Crippen LogP contribution in [0.1, 0.15) is 38.6 Å². The van der Waals surface area contributed by atoms with Crippen LogP contribution in [0.25, 0.3) is 11.1 Å². The molecule has 31 heavy (non-hydrogen) atoms. The SMILES string of the molecule is C.CC.COc1ccc(-c2ccc(C(=O)Oc3ccc(OC(C)C=O)cc3)cc2)cc1. The van der Waals surface area contributed by atoms with E-state index in [4.69, 9.17) is 14.2 Å². The summed E-state index contributed by atoms with van der Waals surface area (Å²) < 4.78 is 15.9. The Kier molecular flexibility index (Phi) is 10.5. The quantitative estimate of drug-likeness (QED) is 0.257. The van der Waals surface area contributed by atoms with E-state index in [-0.39, 0.29) is 7.43 Å². The van der Waals surface area contributed by atoms with Gasteiger partial charge >= 0.3 is 5.97 Å². The van der Waals surface area contributed by atoms with E-state index in [1.807, 2.05) is 50.2 Å². The molecule has 0 aromatic heterocycles. The van der Waals surface area contributed by atoms with E-state index in [1.54, 1.807) is 50.4 Å². The van der Waals surface area contributed by atoms with Gasteiger partial charge in [0.2, 0.25) is 0 Å².